The molecule has 168 valence electrons. The first-order valence-electron chi connectivity index (χ1n) is 9.67. The zero-order valence-corrected chi connectivity index (χ0v) is 19.1. The lowest BCUT2D eigenvalue weighted by Gasteiger charge is -2.19. The van der Waals surface area contributed by atoms with Crippen molar-refractivity contribution in [2.45, 2.75) is 24.8 Å². The smallest absolute Gasteiger partial charge is 0.268 e. The number of likely N-dealkylation sites (N-methyl/N-ethyl adjacent to an activating group) is 1. The van der Waals surface area contributed by atoms with E-state index in [0.717, 1.165) is 16.4 Å². The second kappa shape index (κ2) is 10.0. The highest BCUT2D eigenvalue weighted by atomic mass is 35.5. The fourth-order valence-corrected chi connectivity index (χ4v) is 4.36. The fraction of sp³-hybridized carbons (Fsp3) is 0.238. The third kappa shape index (κ3) is 5.78. The third-order valence-corrected chi connectivity index (χ3v) is 6.55. The van der Waals surface area contributed by atoms with E-state index in [9.17, 15) is 18.0 Å². The number of amides is 1. The molecule has 0 saturated heterocycles. The van der Waals surface area contributed by atoms with Crippen LogP contribution in [0.5, 0.6) is 0 Å². The molecule has 3 aromatic rings. The molecule has 0 atom stereocenters. The highest BCUT2D eigenvalue weighted by Crippen LogP contribution is 2.22. The minimum Gasteiger partial charge on any atom is -0.314 e. The number of carbonyl (C=O) groups excluding carboxylic acids is 1. The van der Waals surface area contributed by atoms with Crippen molar-refractivity contribution >= 4 is 33.2 Å². The van der Waals surface area contributed by atoms with Crippen molar-refractivity contribution in [2.75, 3.05) is 18.5 Å². The number of aromatic nitrogens is 3. The minimum atomic E-state index is -3.81. The maximum Gasteiger partial charge on any atom is 0.268 e. The van der Waals surface area contributed by atoms with E-state index in [2.05, 4.69) is 14.8 Å². The zero-order valence-electron chi connectivity index (χ0n) is 17.5. The molecule has 3 rings (SSSR count). The Balaban J connectivity index is 1.74. The molecule has 0 fully saturated rings. The van der Waals surface area contributed by atoms with Crippen molar-refractivity contribution in [2.24, 2.45) is 0 Å². The Morgan fingerprint density at radius 3 is 2.69 bits per heavy atom. The van der Waals surface area contributed by atoms with Crippen molar-refractivity contribution in [1.29, 1.82) is 0 Å². The van der Waals surface area contributed by atoms with Crippen molar-refractivity contribution in [3.63, 3.8) is 0 Å². The van der Waals surface area contributed by atoms with Crippen LogP contribution in [0.2, 0.25) is 5.02 Å². The van der Waals surface area contributed by atoms with Crippen molar-refractivity contribution in [3.8, 4) is 0 Å². The molecule has 32 heavy (non-hydrogen) atoms. The van der Waals surface area contributed by atoms with Crippen LogP contribution in [0, 0.1) is 6.92 Å². The molecular formula is C21H22ClN5O4S. The lowest BCUT2D eigenvalue weighted by atomic mass is 10.2. The van der Waals surface area contributed by atoms with Gasteiger partial charge in [0.25, 0.3) is 5.56 Å². The van der Waals surface area contributed by atoms with Gasteiger partial charge >= 0.3 is 0 Å². The first kappa shape index (κ1) is 23.6. The number of nitrogens with zero attached hydrogens (tertiary/aromatic N) is 4. The SMILES string of the molecule is Cc1ccc(N(C)C(=O)Cn2ncc(Cl)cc2=O)cc1S(=O)(=O)NCCc1ccccn1. The Kier molecular flexibility index (Phi) is 7.39. The van der Waals surface area contributed by atoms with E-state index in [4.69, 9.17) is 11.6 Å². The number of hydrogen-bond donors (Lipinski definition) is 1. The van der Waals surface area contributed by atoms with E-state index in [1.165, 1.54) is 24.2 Å². The largest absolute Gasteiger partial charge is 0.314 e. The van der Waals surface area contributed by atoms with E-state index in [0.29, 0.717) is 17.7 Å². The summed E-state index contributed by atoms with van der Waals surface area (Å²) in [6.07, 6.45) is 3.36. The number of aryl methyl sites for hydroxylation is 1. The molecule has 0 bridgehead atoms. The lowest BCUT2D eigenvalue weighted by Crippen LogP contribution is -2.35. The van der Waals surface area contributed by atoms with Crippen LogP contribution in [0.3, 0.4) is 0 Å². The minimum absolute atomic E-state index is 0.0671. The van der Waals surface area contributed by atoms with Gasteiger partial charge in [-0.25, -0.2) is 17.8 Å². The molecule has 0 aliphatic rings. The van der Waals surface area contributed by atoms with E-state index in [-0.39, 0.29) is 23.0 Å². The normalized spacial score (nSPS) is 11.3. The maximum absolute atomic E-state index is 12.9. The summed E-state index contributed by atoms with van der Waals surface area (Å²) in [6.45, 7) is 1.55. The van der Waals surface area contributed by atoms with Gasteiger partial charge in [-0.15, -0.1) is 0 Å². The van der Waals surface area contributed by atoms with Gasteiger partial charge in [-0.3, -0.25) is 14.6 Å². The van der Waals surface area contributed by atoms with Gasteiger partial charge in [0, 0.05) is 43.7 Å². The van der Waals surface area contributed by atoms with Gasteiger partial charge in [-0.1, -0.05) is 23.7 Å². The summed E-state index contributed by atoms with van der Waals surface area (Å²) < 4.78 is 29.3. The van der Waals surface area contributed by atoms with Crippen LogP contribution in [0.15, 0.2) is 64.5 Å². The highest BCUT2D eigenvalue weighted by molar-refractivity contribution is 7.89. The molecule has 1 N–H and O–H groups in total. The van der Waals surface area contributed by atoms with E-state index in [1.807, 2.05) is 12.1 Å². The average Bonchev–Trinajstić information content (AvgIpc) is 2.76. The third-order valence-electron chi connectivity index (χ3n) is 4.74. The van der Waals surface area contributed by atoms with Crippen LogP contribution in [0.4, 0.5) is 5.69 Å². The molecule has 0 saturated carbocycles. The molecule has 2 heterocycles. The van der Waals surface area contributed by atoms with Crippen molar-refractivity contribution < 1.29 is 13.2 Å². The molecular weight excluding hydrogens is 454 g/mol. The molecule has 0 radical (unpaired) electrons. The maximum atomic E-state index is 12.9. The van der Waals surface area contributed by atoms with E-state index >= 15 is 0 Å². The summed E-state index contributed by atoms with van der Waals surface area (Å²) in [4.78, 5) is 30.1. The summed E-state index contributed by atoms with van der Waals surface area (Å²) in [5, 5.41) is 4.01. The molecule has 9 nitrogen and oxygen atoms in total. The number of anilines is 1. The monoisotopic (exact) mass is 475 g/mol. The van der Waals surface area contributed by atoms with Crippen molar-refractivity contribution in [3.05, 3.63) is 81.5 Å². The summed E-state index contributed by atoms with van der Waals surface area (Å²) in [6, 6.07) is 11.3. The lowest BCUT2D eigenvalue weighted by molar-refractivity contribution is -0.119. The molecule has 0 unspecified atom stereocenters. The highest BCUT2D eigenvalue weighted by Gasteiger charge is 2.20. The zero-order chi connectivity index (χ0) is 23.3. The van der Waals surface area contributed by atoms with Gasteiger partial charge in [0.1, 0.15) is 6.54 Å². The Morgan fingerprint density at radius 2 is 2.00 bits per heavy atom. The quantitative estimate of drug-likeness (QED) is 0.531. The first-order chi connectivity index (χ1) is 15.2. The topological polar surface area (TPSA) is 114 Å². The number of benzene rings is 1. The average molecular weight is 476 g/mol. The first-order valence-corrected chi connectivity index (χ1v) is 11.5. The Bertz CT molecular complexity index is 1280. The fourth-order valence-electron chi connectivity index (χ4n) is 2.93. The molecule has 2 aromatic heterocycles. The number of rotatable bonds is 8. The number of hydrogen-bond acceptors (Lipinski definition) is 6. The van der Waals surface area contributed by atoms with Crippen LogP contribution in [-0.4, -0.2) is 42.7 Å². The van der Waals surface area contributed by atoms with Gasteiger partial charge in [-0.05, 0) is 36.8 Å². The second-order valence-electron chi connectivity index (χ2n) is 7.04. The van der Waals surface area contributed by atoms with E-state index < -0.39 is 21.5 Å². The summed E-state index contributed by atoms with van der Waals surface area (Å²) in [7, 11) is -2.31. The van der Waals surface area contributed by atoms with E-state index in [1.54, 1.807) is 31.3 Å². The molecule has 1 amide bonds. The Morgan fingerprint density at radius 1 is 1.22 bits per heavy atom. The molecule has 11 heteroatoms. The number of carbonyl (C=O) groups is 1. The van der Waals surface area contributed by atoms with Gasteiger partial charge in [-0.2, -0.15) is 5.10 Å². The number of halogens is 1. The number of sulfonamides is 1. The van der Waals surface area contributed by atoms with Gasteiger partial charge in [0.15, 0.2) is 0 Å². The molecule has 1 aromatic carbocycles. The predicted molar refractivity (Wildman–Crippen MR) is 121 cm³/mol. The Hall–Kier alpha value is -3.08. The van der Waals surface area contributed by atoms with Gasteiger partial charge in [0.05, 0.1) is 16.1 Å². The molecule has 0 aliphatic carbocycles. The van der Waals surface area contributed by atoms with Gasteiger partial charge < -0.3 is 4.90 Å². The summed E-state index contributed by atoms with van der Waals surface area (Å²) in [5.74, 6) is -0.447. The number of pyridine rings is 1. The van der Waals surface area contributed by atoms with Crippen molar-refractivity contribution in [1.82, 2.24) is 19.5 Å². The second-order valence-corrected chi connectivity index (χ2v) is 9.21. The summed E-state index contributed by atoms with van der Waals surface area (Å²) in [5.41, 5.74) is 1.17. The predicted octanol–water partition coefficient (Wildman–Crippen LogP) is 1.78. The van der Waals surface area contributed by atoms with Crippen LogP contribution in [0.25, 0.3) is 0 Å². The molecule has 0 spiro atoms. The Labute approximate surface area is 190 Å². The summed E-state index contributed by atoms with van der Waals surface area (Å²) >= 11 is 5.72. The molecule has 0 aliphatic heterocycles. The number of nitrogens with one attached hydrogen (secondary N) is 1. The standard InChI is InChI=1S/C21H22ClN5O4S/c1-15-6-7-18(26(2)21(29)14-27-20(28)11-16(22)13-24-27)12-19(15)32(30,31)25-10-8-17-5-3-4-9-23-17/h3-7,9,11-13,25H,8,10,14H2,1-2H3. The van der Waals surface area contributed by atoms with Crippen LogP contribution in [0.1, 0.15) is 11.3 Å². The van der Waals surface area contributed by atoms with Gasteiger partial charge in [0.2, 0.25) is 15.9 Å². The van der Waals surface area contributed by atoms with Crippen LogP contribution in [-0.2, 0) is 27.8 Å². The van der Waals surface area contributed by atoms with Crippen LogP contribution < -0.4 is 15.2 Å². The van der Waals surface area contributed by atoms with Crippen LogP contribution >= 0.6 is 11.6 Å².